The lowest BCUT2D eigenvalue weighted by atomic mass is 10.4. The van der Waals surface area contributed by atoms with Gasteiger partial charge in [-0.2, -0.15) is 18.3 Å². The van der Waals surface area contributed by atoms with E-state index in [-0.39, 0.29) is 12.2 Å². The van der Waals surface area contributed by atoms with Gasteiger partial charge in [-0.15, -0.1) is 0 Å². The summed E-state index contributed by atoms with van der Waals surface area (Å²) < 4.78 is 37.7. The average Bonchev–Trinajstić information content (AvgIpc) is 2.94. The van der Waals surface area contributed by atoms with E-state index in [0.717, 1.165) is 4.57 Å². The number of H-pyrrole nitrogens is 1. The minimum absolute atomic E-state index is 0.0585. The number of aromatic nitrogens is 4. The zero-order valence-electron chi connectivity index (χ0n) is 9.61. The summed E-state index contributed by atoms with van der Waals surface area (Å²) in [5.74, 6) is -0.187. The predicted molar refractivity (Wildman–Crippen MR) is 58.0 cm³/mol. The van der Waals surface area contributed by atoms with E-state index in [9.17, 15) is 18.0 Å². The summed E-state index contributed by atoms with van der Waals surface area (Å²) in [7, 11) is 0. The number of hydrogen-bond donors (Lipinski definition) is 2. The van der Waals surface area contributed by atoms with Crippen LogP contribution in [0.5, 0.6) is 0 Å². The zero-order chi connectivity index (χ0) is 13.9. The third-order valence-electron chi connectivity index (χ3n) is 2.29. The van der Waals surface area contributed by atoms with E-state index in [4.69, 9.17) is 0 Å². The van der Waals surface area contributed by atoms with Crippen molar-refractivity contribution in [1.29, 1.82) is 0 Å². The van der Waals surface area contributed by atoms with Crippen LogP contribution in [0, 0.1) is 0 Å². The van der Waals surface area contributed by atoms with Crippen molar-refractivity contribution in [2.24, 2.45) is 0 Å². The number of aromatic amines is 1. The summed E-state index contributed by atoms with van der Waals surface area (Å²) in [4.78, 5) is 15.5. The van der Waals surface area contributed by atoms with Gasteiger partial charge in [-0.1, -0.05) is 0 Å². The number of nitrogens with one attached hydrogen (secondary N) is 2. The summed E-state index contributed by atoms with van der Waals surface area (Å²) in [6, 6.07) is 2.70. The molecule has 0 aliphatic rings. The van der Waals surface area contributed by atoms with Gasteiger partial charge in [-0.05, 0) is 12.1 Å². The summed E-state index contributed by atoms with van der Waals surface area (Å²) >= 11 is 0. The Kier molecular flexibility index (Phi) is 3.54. The summed E-state index contributed by atoms with van der Waals surface area (Å²) in [5.41, 5.74) is -0.0585. The van der Waals surface area contributed by atoms with Crippen LogP contribution in [0.4, 0.5) is 13.2 Å². The average molecular weight is 273 g/mol. The first-order valence-corrected chi connectivity index (χ1v) is 5.30. The van der Waals surface area contributed by atoms with E-state index in [2.05, 4.69) is 20.5 Å². The minimum atomic E-state index is -4.38. The maximum absolute atomic E-state index is 12.3. The first kappa shape index (κ1) is 13.1. The molecule has 2 aromatic rings. The van der Waals surface area contributed by atoms with Gasteiger partial charge >= 0.3 is 6.18 Å². The third-order valence-corrected chi connectivity index (χ3v) is 2.29. The number of hydrogen-bond acceptors (Lipinski definition) is 3. The van der Waals surface area contributed by atoms with Crippen LogP contribution in [0.15, 0.2) is 24.7 Å². The molecule has 2 N–H and O–H groups in total. The number of amides is 1. The number of carbonyl (C=O) groups is 1. The Morgan fingerprint density at radius 1 is 1.47 bits per heavy atom. The molecule has 0 spiro atoms. The van der Waals surface area contributed by atoms with Gasteiger partial charge in [0.15, 0.2) is 0 Å². The molecule has 0 saturated carbocycles. The van der Waals surface area contributed by atoms with Crippen LogP contribution in [0.25, 0.3) is 0 Å². The van der Waals surface area contributed by atoms with E-state index >= 15 is 0 Å². The van der Waals surface area contributed by atoms with Gasteiger partial charge in [0.25, 0.3) is 5.91 Å². The molecule has 1 amide bonds. The van der Waals surface area contributed by atoms with E-state index in [1.165, 1.54) is 24.7 Å². The minimum Gasteiger partial charge on any atom is -0.343 e. The van der Waals surface area contributed by atoms with Gasteiger partial charge in [0.05, 0.1) is 6.54 Å². The van der Waals surface area contributed by atoms with Crippen molar-refractivity contribution >= 4 is 5.91 Å². The Morgan fingerprint density at radius 2 is 2.26 bits per heavy atom. The van der Waals surface area contributed by atoms with Crippen molar-refractivity contribution in [2.45, 2.75) is 19.3 Å². The van der Waals surface area contributed by atoms with Crippen molar-refractivity contribution in [3.8, 4) is 0 Å². The molecular weight excluding hydrogens is 263 g/mol. The molecular formula is C10H10F3N5O. The second kappa shape index (κ2) is 5.12. The van der Waals surface area contributed by atoms with Crippen molar-refractivity contribution in [1.82, 2.24) is 25.1 Å². The monoisotopic (exact) mass is 273 g/mol. The standard InChI is InChI=1S/C10H10F3N5O/c11-10(12,13)5-18-3-1-2-7(18)9(19)14-4-8-15-6-16-17-8/h1-3,6H,4-5H2,(H,14,19)(H,15,16,17). The normalized spacial score (nSPS) is 11.5. The molecule has 9 heteroatoms. The zero-order valence-corrected chi connectivity index (χ0v) is 9.61. The first-order valence-electron chi connectivity index (χ1n) is 5.30. The van der Waals surface area contributed by atoms with E-state index in [1.807, 2.05) is 0 Å². The Bertz CT molecular complexity index is 546. The van der Waals surface area contributed by atoms with Crippen LogP contribution in [-0.4, -0.2) is 31.8 Å². The molecule has 0 atom stereocenters. The Hall–Kier alpha value is -2.32. The second-order valence-corrected chi connectivity index (χ2v) is 3.75. The number of carbonyl (C=O) groups excluding carboxylic acids is 1. The van der Waals surface area contributed by atoms with E-state index in [1.54, 1.807) is 0 Å². The number of rotatable bonds is 4. The maximum Gasteiger partial charge on any atom is 0.406 e. The molecule has 0 saturated heterocycles. The lowest BCUT2D eigenvalue weighted by Crippen LogP contribution is -2.28. The van der Waals surface area contributed by atoms with Crippen molar-refractivity contribution in [3.63, 3.8) is 0 Å². The lowest BCUT2D eigenvalue weighted by Gasteiger charge is -2.11. The Balaban J connectivity index is 2.01. The van der Waals surface area contributed by atoms with Crippen LogP contribution >= 0.6 is 0 Å². The SMILES string of the molecule is O=C(NCc1ncn[nH]1)c1cccn1CC(F)(F)F. The number of nitrogens with zero attached hydrogens (tertiary/aromatic N) is 3. The van der Waals surface area contributed by atoms with Crippen LogP contribution < -0.4 is 5.32 Å². The number of alkyl halides is 3. The molecule has 0 unspecified atom stereocenters. The lowest BCUT2D eigenvalue weighted by molar-refractivity contribution is -0.140. The highest BCUT2D eigenvalue weighted by atomic mass is 19.4. The smallest absolute Gasteiger partial charge is 0.343 e. The van der Waals surface area contributed by atoms with Gasteiger partial charge < -0.3 is 9.88 Å². The largest absolute Gasteiger partial charge is 0.406 e. The van der Waals surface area contributed by atoms with Crippen LogP contribution in [0.3, 0.4) is 0 Å². The maximum atomic E-state index is 12.3. The third kappa shape index (κ3) is 3.57. The molecule has 0 aliphatic carbocycles. The predicted octanol–water partition coefficient (Wildman–Crippen LogP) is 1.10. The molecule has 2 rings (SSSR count). The van der Waals surface area contributed by atoms with Gasteiger partial charge in [-0.25, -0.2) is 4.98 Å². The molecule has 102 valence electrons. The summed E-state index contributed by atoms with van der Waals surface area (Å²) in [5, 5.41) is 8.57. The fourth-order valence-electron chi connectivity index (χ4n) is 1.52. The van der Waals surface area contributed by atoms with Gasteiger partial charge in [0, 0.05) is 6.20 Å². The van der Waals surface area contributed by atoms with E-state index in [0.29, 0.717) is 5.82 Å². The topological polar surface area (TPSA) is 75.6 Å². The Morgan fingerprint density at radius 3 is 2.89 bits per heavy atom. The Labute approximate surface area is 105 Å². The first-order chi connectivity index (χ1) is 8.96. The number of halogens is 3. The van der Waals surface area contributed by atoms with Crippen molar-refractivity contribution in [2.75, 3.05) is 0 Å². The highest BCUT2D eigenvalue weighted by molar-refractivity contribution is 5.92. The molecule has 2 aromatic heterocycles. The molecule has 0 aromatic carbocycles. The molecule has 19 heavy (non-hydrogen) atoms. The van der Waals surface area contributed by atoms with Crippen molar-refractivity contribution in [3.05, 3.63) is 36.2 Å². The fraction of sp³-hybridized carbons (Fsp3) is 0.300. The van der Waals surface area contributed by atoms with Crippen LogP contribution in [0.2, 0.25) is 0 Å². The van der Waals surface area contributed by atoms with Gasteiger partial charge in [0.1, 0.15) is 24.4 Å². The molecule has 2 heterocycles. The van der Waals surface area contributed by atoms with Crippen LogP contribution in [0.1, 0.15) is 16.3 Å². The highest BCUT2D eigenvalue weighted by Gasteiger charge is 2.29. The van der Waals surface area contributed by atoms with Crippen molar-refractivity contribution < 1.29 is 18.0 Å². The van der Waals surface area contributed by atoms with Gasteiger partial charge in [0.2, 0.25) is 0 Å². The highest BCUT2D eigenvalue weighted by Crippen LogP contribution is 2.18. The molecule has 0 aliphatic heterocycles. The molecule has 0 fully saturated rings. The van der Waals surface area contributed by atoms with Gasteiger partial charge in [-0.3, -0.25) is 9.89 Å². The molecule has 6 nitrogen and oxygen atoms in total. The van der Waals surface area contributed by atoms with E-state index < -0.39 is 18.6 Å². The summed E-state index contributed by atoms with van der Waals surface area (Å²) in [6.45, 7) is -1.14. The fourth-order valence-corrected chi connectivity index (χ4v) is 1.52. The molecule has 0 radical (unpaired) electrons. The summed E-state index contributed by atoms with van der Waals surface area (Å²) in [6.07, 6.45) is -1.90. The van der Waals surface area contributed by atoms with Crippen LogP contribution in [-0.2, 0) is 13.1 Å². The molecule has 0 bridgehead atoms. The second-order valence-electron chi connectivity index (χ2n) is 3.75. The quantitative estimate of drug-likeness (QED) is 0.875.